The van der Waals surface area contributed by atoms with Crippen LogP contribution in [0.15, 0.2) is 54.9 Å². The maximum Gasteiger partial charge on any atom is 0.252 e. The largest absolute Gasteiger partial charge is 0.494 e. The van der Waals surface area contributed by atoms with Crippen LogP contribution in [-0.2, 0) is 14.8 Å². The zero-order valence-electron chi connectivity index (χ0n) is 23.0. The molecule has 1 amide bonds. The quantitative estimate of drug-likeness (QED) is 0.286. The van der Waals surface area contributed by atoms with Crippen LogP contribution >= 0.6 is 0 Å². The molecule has 0 aliphatic carbocycles. The Kier molecular flexibility index (Phi) is 7.60. The van der Waals surface area contributed by atoms with Gasteiger partial charge in [0.25, 0.3) is 5.91 Å². The molecule has 2 N–H and O–H groups in total. The van der Waals surface area contributed by atoms with Crippen molar-refractivity contribution in [3.63, 3.8) is 0 Å². The normalized spacial score (nSPS) is 16.0. The Bertz CT molecular complexity index is 1670. The highest BCUT2D eigenvalue weighted by molar-refractivity contribution is 7.93. The Balaban J connectivity index is 1.63. The summed E-state index contributed by atoms with van der Waals surface area (Å²) in [6.45, 7) is 3.31. The Labute approximate surface area is 237 Å². The van der Waals surface area contributed by atoms with Crippen LogP contribution < -0.4 is 19.5 Å². The van der Waals surface area contributed by atoms with Crippen LogP contribution in [0.4, 0.5) is 5.95 Å². The van der Waals surface area contributed by atoms with E-state index in [4.69, 9.17) is 14.2 Å². The lowest BCUT2D eigenvalue weighted by molar-refractivity contribution is 0.0949. The molecule has 4 aromatic rings. The predicted molar refractivity (Wildman–Crippen MR) is 149 cm³/mol. The monoisotopic (exact) mass is 579 g/mol. The van der Waals surface area contributed by atoms with Crippen molar-refractivity contribution in [3.05, 3.63) is 83.2 Å². The standard InChI is InChI=1S/C27H29N7O6S/c1-15-13-28-24(29-14-15)23(40-5)16(2)41(36,37)33-27-32-31-25(21-17-9-6-7-10-18(17)26(35)30-21)34(27)22-19(38-3)11-8-12-20(22)39-4/h6-14,16,21,23H,1-5H3,(H,30,35)(H,32,33)/t16?,21-,23?/m1/s1. The molecule has 1 aliphatic rings. The summed E-state index contributed by atoms with van der Waals surface area (Å²) in [4.78, 5) is 21.3. The molecule has 14 heteroatoms. The van der Waals surface area contributed by atoms with Gasteiger partial charge >= 0.3 is 0 Å². The Morgan fingerprint density at radius 1 is 0.976 bits per heavy atom. The first-order valence-corrected chi connectivity index (χ1v) is 14.1. The molecule has 0 radical (unpaired) electrons. The summed E-state index contributed by atoms with van der Waals surface area (Å²) < 4.78 is 48.3. The lowest BCUT2D eigenvalue weighted by Crippen LogP contribution is -2.33. The third-order valence-corrected chi connectivity index (χ3v) is 8.52. The first-order valence-electron chi connectivity index (χ1n) is 12.6. The first kappa shape index (κ1) is 28.0. The lowest BCUT2D eigenvalue weighted by Gasteiger charge is -2.23. The number of hydrogen-bond acceptors (Lipinski definition) is 10. The van der Waals surface area contributed by atoms with Crippen molar-refractivity contribution in [2.24, 2.45) is 0 Å². The van der Waals surface area contributed by atoms with Crippen LogP contribution in [0.1, 0.15) is 52.2 Å². The van der Waals surface area contributed by atoms with Gasteiger partial charge in [0.1, 0.15) is 34.6 Å². The highest BCUT2D eigenvalue weighted by Crippen LogP contribution is 2.39. The molecule has 5 rings (SSSR count). The molecule has 0 saturated heterocycles. The molecule has 214 valence electrons. The average Bonchev–Trinajstić information content (AvgIpc) is 3.53. The van der Waals surface area contributed by atoms with Gasteiger partial charge in [-0.1, -0.05) is 24.3 Å². The molecule has 0 spiro atoms. The average molecular weight is 580 g/mol. The molecule has 41 heavy (non-hydrogen) atoms. The third-order valence-electron chi connectivity index (χ3n) is 6.82. The molecule has 3 heterocycles. The van der Waals surface area contributed by atoms with Crippen molar-refractivity contribution in [2.75, 3.05) is 26.1 Å². The Morgan fingerprint density at radius 3 is 2.27 bits per heavy atom. The summed E-state index contributed by atoms with van der Waals surface area (Å²) in [5, 5.41) is 10.3. The van der Waals surface area contributed by atoms with E-state index in [1.165, 1.54) is 32.8 Å². The van der Waals surface area contributed by atoms with Crippen LogP contribution in [0.3, 0.4) is 0 Å². The van der Waals surface area contributed by atoms with Gasteiger partial charge in [-0.05, 0) is 43.2 Å². The zero-order valence-corrected chi connectivity index (χ0v) is 23.8. The molecule has 13 nitrogen and oxygen atoms in total. The Morgan fingerprint density at radius 2 is 1.63 bits per heavy atom. The van der Waals surface area contributed by atoms with Gasteiger partial charge in [-0.3, -0.25) is 14.1 Å². The molecule has 0 saturated carbocycles. The molecule has 0 fully saturated rings. The second kappa shape index (κ2) is 11.1. The van der Waals surface area contributed by atoms with E-state index in [2.05, 4.69) is 30.2 Å². The van der Waals surface area contributed by atoms with Crippen LogP contribution in [0.25, 0.3) is 5.69 Å². The van der Waals surface area contributed by atoms with E-state index in [1.807, 2.05) is 6.92 Å². The number of hydrogen-bond donors (Lipinski definition) is 2. The Hall–Kier alpha value is -4.56. The van der Waals surface area contributed by atoms with E-state index >= 15 is 0 Å². The number of carbonyl (C=O) groups is 1. The molecule has 0 bridgehead atoms. The number of nitrogens with zero attached hydrogens (tertiary/aromatic N) is 5. The van der Waals surface area contributed by atoms with E-state index in [0.29, 0.717) is 28.3 Å². The maximum atomic E-state index is 13.8. The molecule has 2 unspecified atom stereocenters. The number of aromatic nitrogens is 5. The van der Waals surface area contributed by atoms with Crippen LogP contribution in [0.2, 0.25) is 0 Å². The van der Waals surface area contributed by atoms with Crippen molar-refractivity contribution in [3.8, 4) is 17.2 Å². The smallest absolute Gasteiger partial charge is 0.252 e. The second-order valence-electron chi connectivity index (χ2n) is 9.35. The second-order valence-corrected chi connectivity index (χ2v) is 11.4. The summed E-state index contributed by atoms with van der Waals surface area (Å²) in [6.07, 6.45) is 2.20. The number of nitrogens with one attached hydrogen (secondary N) is 2. The molecular formula is C27H29N7O6S. The summed E-state index contributed by atoms with van der Waals surface area (Å²) in [5.74, 6) is 0.743. The van der Waals surface area contributed by atoms with E-state index < -0.39 is 27.4 Å². The fraction of sp³-hybridized carbons (Fsp3) is 0.296. The van der Waals surface area contributed by atoms with Gasteiger partial charge in [0, 0.05) is 25.1 Å². The number of rotatable bonds is 10. The number of amides is 1. The van der Waals surface area contributed by atoms with Crippen LogP contribution in [0.5, 0.6) is 11.5 Å². The van der Waals surface area contributed by atoms with Gasteiger partial charge in [0.05, 0.1) is 14.2 Å². The van der Waals surface area contributed by atoms with Gasteiger partial charge < -0.3 is 19.5 Å². The van der Waals surface area contributed by atoms with Crippen molar-refractivity contribution < 1.29 is 27.4 Å². The van der Waals surface area contributed by atoms with E-state index in [9.17, 15) is 13.2 Å². The van der Waals surface area contributed by atoms with Crippen molar-refractivity contribution in [2.45, 2.75) is 31.2 Å². The number of para-hydroxylation sites is 1. The molecule has 1 aliphatic heterocycles. The van der Waals surface area contributed by atoms with Crippen LogP contribution in [-0.4, -0.2) is 65.6 Å². The van der Waals surface area contributed by atoms with Crippen molar-refractivity contribution >= 4 is 21.9 Å². The number of aryl methyl sites for hydroxylation is 1. The van der Waals surface area contributed by atoms with Crippen molar-refractivity contribution in [1.82, 2.24) is 30.0 Å². The SMILES string of the molecule is COc1cccc(OC)c1-n1c(NS(=O)(=O)C(C)C(OC)c2ncc(C)cn2)nnc1[C@@H]1NC(=O)c2ccccc21. The number of benzene rings is 2. The highest BCUT2D eigenvalue weighted by Gasteiger charge is 2.38. The first-order chi connectivity index (χ1) is 19.7. The predicted octanol–water partition coefficient (Wildman–Crippen LogP) is 2.73. The number of methoxy groups -OCH3 is 3. The van der Waals surface area contributed by atoms with Gasteiger partial charge in [0.15, 0.2) is 11.6 Å². The van der Waals surface area contributed by atoms with Crippen LogP contribution in [0, 0.1) is 6.92 Å². The number of carbonyl (C=O) groups excluding carboxylic acids is 1. The highest BCUT2D eigenvalue weighted by atomic mass is 32.2. The minimum absolute atomic E-state index is 0.145. The van der Waals surface area contributed by atoms with E-state index in [0.717, 1.165) is 5.56 Å². The number of sulfonamides is 1. The minimum Gasteiger partial charge on any atom is -0.494 e. The maximum absolute atomic E-state index is 13.8. The van der Waals surface area contributed by atoms with Gasteiger partial charge in [-0.25, -0.2) is 18.4 Å². The lowest BCUT2D eigenvalue weighted by atomic mass is 10.0. The van der Waals surface area contributed by atoms with Gasteiger partial charge in [-0.15, -0.1) is 10.2 Å². The summed E-state index contributed by atoms with van der Waals surface area (Å²) in [5.41, 5.74) is 2.31. The third kappa shape index (κ3) is 5.07. The topological polar surface area (TPSA) is 159 Å². The van der Waals surface area contributed by atoms with Gasteiger partial charge in [0.2, 0.25) is 16.0 Å². The van der Waals surface area contributed by atoms with Crippen molar-refractivity contribution in [1.29, 1.82) is 0 Å². The molecule has 2 aromatic carbocycles. The van der Waals surface area contributed by atoms with E-state index in [-0.39, 0.29) is 23.5 Å². The summed E-state index contributed by atoms with van der Waals surface area (Å²) >= 11 is 0. The number of anilines is 1. The minimum atomic E-state index is -4.18. The number of ether oxygens (including phenoxy) is 3. The fourth-order valence-electron chi connectivity index (χ4n) is 4.71. The fourth-order valence-corrected chi connectivity index (χ4v) is 5.84. The molecule has 3 atom stereocenters. The molecular weight excluding hydrogens is 550 g/mol. The molecule has 2 aromatic heterocycles. The number of fused-ring (bicyclic) bond motifs is 1. The summed E-state index contributed by atoms with van der Waals surface area (Å²) in [7, 11) is 0.164. The van der Waals surface area contributed by atoms with Gasteiger partial charge in [-0.2, -0.15) is 0 Å². The summed E-state index contributed by atoms with van der Waals surface area (Å²) in [6, 6.07) is 11.5. The zero-order chi connectivity index (χ0) is 29.3. The van der Waals surface area contributed by atoms with E-state index in [1.54, 1.807) is 54.9 Å².